The maximum atomic E-state index is 12.4. The third-order valence-corrected chi connectivity index (χ3v) is 4.28. The predicted octanol–water partition coefficient (Wildman–Crippen LogP) is -1.71. The minimum absolute atomic E-state index is 0. The molecule has 3 N–H and O–H groups in total. The van der Waals surface area contributed by atoms with Gasteiger partial charge in [0.25, 0.3) is 10.1 Å². The van der Waals surface area contributed by atoms with Crippen LogP contribution in [0.25, 0.3) is 0 Å². The smallest absolute Gasteiger partial charge is 0.397 e. The van der Waals surface area contributed by atoms with Crippen LogP contribution in [0.4, 0.5) is 5.69 Å². The van der Waals surface area contributed by atoms with Gasteiger partial charge in [-0.2, -0.15) is 8.42 Å². The molecule has 0 radical (unpaired) electrons. The normalized spacial score (nSPS) is 13.1. The summed E-state index contributed by atoms with van der Waals surface area (Å²) in [5.74, 6) is -0.947. The molecule has 1 aliphatic rings. The van der Waals surface area contributed by atoms with E-state index in [4.69, 9.17) is 10.3 Å². The van der Waals surface area contributed by atoms with Crippen molar-refractivity contribution in [1.29, 1.82) is 0 Å². The molecule has 0 aromatic heterocycles. The predicted molar refractivity (Wildman–Crippen MR) is 74.0 cm³/mol. The monoisotopic (exact) mass is 342 g/mol. The fraction of sp³-hybridized carbons (Fsp3) is 0. The molecule has 2 aromatic carbocycles. The van der Waals surface area contributed by atoms with Crippen LogP contribution in [0.1, 0.15) is 31.8 Å². The Bertz CT molecular complexity index is 921. The first kappa shape index (κ1) is 17.5. The molecule has 106 valence electrons. The zero-order valence-corrected chi connectivity index (χ0v) is 15.5. The van der Waals surface area contributed by atoms with Gasteiger partial charge in [0.05, 0.1) is 11.3 Å². The zero-order valence-electron chi connectivity index (χ0n) is 11.5. The number of carbonyl (C=O) groups is 2. The molecule has 0 saturated heterocycles. The van der Waals surface area contributed by atoms with Crippen LogP contribution >= 0.6 is 0 Å². The molecule has 0 atom stereocenters. The molecule has 2 aromatic rings. The molecule has 0 spiro atoms. The average Bonchev–Trinajstić information content (AvgIpc) is 2.43. The van der Waals surface area contributed by atoms with Crippen LogP contribution in [0.5, 0.6) is 0 Å². The summed E-state index contributed by atoms with van der Waals surface area (Å²) < 4.78 is 31.6. The van der Waals surface area contributed by atoms with E-state index in [9.17, 15) is 18.0 Å². The van der Waals surface area contributed by atoms with Crippen molar-refractivity contribution in [3.63, 3.8) is 0 Å². The van der Waals surface area contributed by atoms with Crippen LogP contribution in [0, 0.1) is 0 Å². The maximum Gasteiger partial charge on any atom is 1.00 e. The molecular formula is C14H9KNO5S+. The van der Waals surface area contributed by atoms with Crippen LogP contribution in [0.3, 0.4) is 0 Å². The van der Waals surface area contributed by atoms with E-state index in [2.05, 4.69) is 0 Å². The van der Waals surface area contributed by atoms with E-state index in [1.54, 1.807) is 12.1 Å². The summed E-state index contributed by atoms with van der Waals surface area (Å²) >= 11 is 0. The van der Waals surface area contributed by atoms with Crippen molar-refractivity contribution < 1.29 is 73.9 Å². The van der Waals surface area contributed by atoms with Crippen LogP contribution < -0.4 is 57.1 Å². The first-order valence-electron chi connectivity index (χ1n) is 5.90. The average molecular weight is 342 g/mol. The molecule has 3 rings (SSSR count). The molecule has 0 fully saturated rings. The molecule has 6 nitrogen and oxygen atoms in total. The fourth-order valence-electron chi connectivity index (χ4n) is 2.42. The van der Waals surface area contributed by atoms with Gasteiger partial charge in [0, 0.05) is 16.7 Å². The zero-order chi connectivity index (χ0) is 15.4. The topological polar surface area (TPSA) is 115 Å². The summed E-state index contributed by atoms with van der Waals surface area (Å²) in [5.41, 5.74) is 5.52. The van der Waals surface area contributed by atoms with Crippen molar-refractivity contribution in [2.24, 2.45) is 0 Å². The van der Waals surface area contributed by atoms with Crippen LogP contribution in [0.2, 0.25) is 0 Å². The maximum absolute atomic E-state index is 12.4. The Morgan fingerprint density at radius 2 is 1.41 bits per heavy atom. The number of hydrogen-bond donors (Lipinski definition) is 2. The van der Waals surface area contributed by atoms with Gasteiger partial charge in [-0.3, -0.25) is 14.1 Å². The third kappa shape index (κ3) is 2.60. The second kappa shape index (κ2) is 5.97. The van der Waals surface area contributed by atoms with E-state index in [0.29, 0.717) is 0 Å². The molecule has 8 heteroatoms. The summed E-state index contributed by atoms with van der Waals surface area (Å²) in [6.07, 6.45) is 0. The minimum atomic E-state index is -4.57. The number of fused-ring (bicyclic) bond motifs is 2. The molecule has 0 amide bonds. The van der Waals surface area contributed by atoms with Crippen LogP contribution in [-0.2, 0) is 10.1 Å². The summed E-state index contributed by atoms with van der Waals surface area (Å²) in [4.78, 5) is 24.2. The number of hydrogen-bond acceptors (Lipinski definition) is 5. The summed E-state index contributed by atoms with van der Waals surface area (Å²) in [7, 11) is -4.57. The number of anilines is 1. The van der Waals surface area contributed by atoms with Gasteiger partial charge in [0.15, 0.2) is 11.6 Å². The van der Waals surface area contributed by atoms with Gasteiger partial charge in [0.1, 0.15) is 4.90 Å². The van der Waals surface area contributed by atoms with Crippen molar-refractivity contribution in [3.8, 4) is 0 Å². The van der Waals surface area contributed by atoms with Gasteiger partial charge >= 0.3 is 51.4 Å². The quantitative estimate of drug-likeness (QED) is 0.309. The molecular weight excluding hydrogens is 333 g/mol. The number of nitrogens with two attached hydrogens (primary N) is 1. The molecule has 0 bridgehead atoms. The number of nitrogen functional groups attached to an aromatic ring is 1. The second-order valence-electron chi connectivity index (χ2n) is 4.58. The number of rotatable bonds is 1. The van der Waals surface area contributed by atoms with Crippen LogP contribution in [-0.4, -0.2) is 24.5 Å². The third-order valence-electron chi connectivity index (χ3n) is 3.37. The summed E-state index contributed by atoms with van der Waals surface area (Å²) in [6, 6.07) is 8.42. The number of ketones is 2. The molecule has 0 unspecified atom stereocenters. The molecule has 0 saturated carbocycles. The van der Waals surface area contributed by atoms with Crippen molar-refractivity contribution >= 4 is 27.4 Å². The van der Waals surface area contributed by atoms with E-state index in [-0.39, 0.29) is 73.6 Å². The largest absolute Gasteiger partial charge is 1.00 e. The van der Waals surface area contributed by atoms with E-state index < -0.39 is 32.3 Å². The second-order valence-corrected chi connectivity index (χ2v) is 5.97. The van der Waals surface area contributed by atoms with E-state index in [1.807, 2.05) is 0 Å². The summed E-state index contributed by atoms with van der Waals surface area (Å²) in [5, 5.41) is 0. The minimum Gasteiger partial charge on any atom is -0.397 e. The van der Waals surface area contributed by atoms with Gasteiger partial charge in [-0.15, -0.1) is 0 Å². The molecule has 22 heavy (non-hydrogen) atoms. The van der Waals surface area contributed by atoms with Crippen molar-refractivity contribution in [1.82, 2.24) is 0 Å². The number of benzene rings is 2. The van der Waals surface area contributed by atoms with Crippen molar-refractivity contribution in [3.05, 3.63) is 58.7 Å². The van der Waals surface area contributed by atoms with Gasteiger partial charge in [-0.1, -0.05) is 24.3 Å². The van der Waals surface area contributed by atoms with Gasteiger partial charge in [-0.05, 0) is 12.1 Å². The number of carbonyl (C=O) groups excluding carboxylic acids is 2. The van der Waals surface area contributed by atoms with E-state index in [1.165, 1.54) is 18.2 Å². The van der Waals surface area contributed by atoms with Crippen molar-refractivity contribution in [2.75, 3.05) is 5.73 Å². The Morgan fingerprint density at radius 3 is 1.95 bits per heavy atom. The Hall–Kier alpha value is -0.874. The molecule has 1 aliphatic carbocycles. The Balaban J connectivity index is 0.00000176. The van der Waals surface area contributed by atoms with Gasteiger partial charge in [0.2, 0.25) is 0 Å². The first-order valence-corrected chi connectivity index (χ1v) is 7.35. The van der Waals surface area contributed by atoms with Gasteiger partial charge < -0.3 is 5.73 Å². The standard InChI is InChI=1S/C14H9NO5S.K/c15-12-10(21(18,19)20)6-5-9-11(12)14(17)8-4-2-1-3-7(8)13(9)16;/h1-6H,15H2,(H,18,19,20);/q;+1. The summed E-state index contributed by atoms with van der Waals surface area (Å²) in [6.45, 7) is 0. The fourth-order valence-corrected chi connectivity index (χ4v) is 3.04. The van der Waals surface area contributed by atoms with Crippen molar-refractivity contribution in [2.45, 2.75) is 4.90 Å². The molecule has 0 aliphatic heterocycles. The Labute approximate surface area is 168 Å². The SMILES string of the molecule is Nc1c(S(=O)(=O)O)ccc2c1C(=O)c1ccccc1C2=O.[K+]. The molecule has 0 heterocycles. The van der Waals surface area contributed by atoms with Crippen LogP contribution in [0.15, 0.2) is 41.3 Å². The van der Waals surface area contributed by atoms with Gasteiger partial charge in [-0.25, -0.2) is 0 Å². The first-order chi connectivity index (χ1) is 9.82. The van der Waals surface area contributed by atoms with E-state index >= 15 is 0 Å². The Morgan fingerprint density at radius 1 is 0.864 bits per heavy atom. The van der Waals surface area contributed by atoms with E-state index in [0.717, 1.165) is 6.07 Å². The Kier molecular flexibility index (Phi) is 4.74.